The van der Waals surface area contributed by atoms with Crippen molar-refractivity contribution in [3.63, 3.8) is 0 Å². The molecule has 0 bridgehead atoms. The Bertz CT molecular complexity index is 3570. The number of fused-ring (bicyclic) bond motifs is 6. The van der Waals surface area contributed by atoms with E-state index in [4.69, 9.17) is 29.9 Å². The van der Waals surface area contributed by atoms with Gasteiger partial charge in [-0.2, -0.15) is 0 Å². The number of hydrogen-bond acceptors (Lipinski definition) is 6. The zero-order chi connectivity index (χ0) is 41.7. The maximum absolute atomic E-state index is 5.33. The second-order valence-corrected chi connectivity index (χ2v) is 15.5. The molecule has 0 saturated heterocycles. The number of hydrogen-bond donors (Lipinski definition) is 0. The van der Waals surface area contributed by atoms with Crippen molar-refractivity contribution >= 4 is 43.4 Å². The van der Waals surface area contributed by atoms with Crippen LogP contribution in [0.1, 0.15) is 0 Å². The summed E-state index contributed by atoms with van der Waals surface area (Å²) in [6.45, 7) is 0. The molecule has 0 fully saturated rings. The second-order valence-electron chi connectivity index (χ2n) is 15.5. The van der Waals surface area contributed by atoms with Crippen molar-refractivity contribution in [3.8, 4) is 74.0 Å². The predicted octanol–water partition coefficient (Wildman–Crippen LogP) is 13.5. The van der Waals surface area contributed by atoms with E-state index in [0.29, 0.717) is 34.9 Å². The minimum Gasteiger partial charge on any atom is -0.309 e. The van der Waals surface area contributed by atoms with Crippen LogP contribution in [-0.4, -0.2) is 34.5 Å². The van der Waals surface area contributed by atoms with Gasteiger partial charge in [-0.05, 0) is 57.9 Å². The fraction of sp³-hybridized carbons (Fsp3) is 0. The van der Waals surface area contributed by atoms with Crippen LogP contribution in [0, 0.1) is 0 Å². The summed E-state index contributed by atoms with van der Waals surface area (Å²) in [7, 11) is 0. The van der Waals surface area contributed by atoms with Crippen LogP contribution in [0.15, 0.2) is 212 Å². The summed E-state index contributed by atoms with van der Waals surface area (Å²) in [4.78, 5) is 31.3. The number of benzene rings is 9. The van der Waals surface area contributed by atoms with E-state index in [1.807, 2.05) is 91.0 Å². The maximum atomic E-state index is 5.33. The Morgan fingerprint density at radius 3 is 1.19 bits per heavy atom. The highest BCUT2D eigenvalue weighted by molar-refractivity contribution is 6.13. The van der Waals surface area contributed by atoms with Crippen LogP contribution in [0.4, 0.5) is 0 Å². The van der Waals surface area contributed by atoms with E-state index in [-0.39, 0.29) is 0 Å². The van der Waals surface area contributed by atoms with Gasteiger partial charge in [0.2, 0.25) is 0 Å². The standard InChI is InChI=1S/C56H35N7/c1-4-18-36(19-5-1)51-57-52(37-20-6-2-7-21-37)61-56(60-51)47-35-40(32-33-50(47)63-48-30-16-14-28-44(48)45-29-15-17-31-49(45)63)54-58-53(38-22-8-3-9-23-38)59-55(62-54)46-34-39-24-10-11-25-41(39)42-26-12-13-27-43(42)46/h1-35H. The summed E-state index contributed by atoms with van der Waals surface area (Å²) in [6, 6.07) is 72.9. The quantitative estimate of drug-likeness (QED) is 0.149. The summed E-state index contributed by atoms with van der Waals surface area (Å²) >= 11 is 0. The van der Waals surface area contributed by atoms with Crippen LogP contribution in [0.3, 0.4) is 0 Å². The Morgan fingerprint density at radius 1 is 0.254 bits per heavy atom. The first kappa shape index (κ1) is 36.2. The second kappa shape index (κ2) is 15.1. The van der Waals surface area contributed by atoms with E-state index in [1.165, 1.54) is 5.39 Å². The van der Waals surface area contributed by atoms with Crippen LogP contribution in [0.5, 0.6) is 0 Å². The Labute approximate surface area is 362 Å². The fourth-order valence-electron chi connectivity index (χ4n) is 8.74. The molecule has 3 heterocycles. The summed E-state index contributed by atoms with van der Waals surface area (Å²) in [5, 5.41) is 6.83. The lowest BCUT2D eigenvalue weighted by atomic mass is 9.97. The molecule has 0 radical (unpaired) electrons. The van der Waals surface area contributed by atoms with Crippen molar-refractivity contribution in [2.75, 3.05) is 0 Å². The van der Waals surface area contributed by atoms with Gasteiger partial charge in [-0.3, -0.25) is 0 Å². The molecule has 0 aliphatic heterocycles. The molecule has 0 unspecified atom stereocenters. The molecule has 0 amide bonds. The summed E-state index contributed by atoms with van der Waals surface area (Å²) < 4.78 is 2.31. The number of aromatic nitrogens is 7. The Hall–Kier alpha value is -8.68. The van der Waals surface area contributed by atoms with Crippen molar-refractivity contribution in [3.05, 3.63) is 212 Å². The van der Waals surface area contributed by atoms with Crippen molar-refractivity contribution in [1.82, 2.24) is 34.5 Å². The topological polar surface area (TPSA) is 82.3 Å². The van der Waals surface area contributed by atoms with Gasteiger partial charge in [0.25, 0.3) is 0 Å². The minimum atomic E-state index is 0.527. The first-order chi connectivity index (χ1) is 31.2. The van der Waals surface area contributed by atoms with Crippen LogP contribution < -0.4 is 0 Å². The Kier molecular flexibility index (Phi) is 8.67. The van der Waals surface area contributed by atoms with Gasteiger partial charge in [-0.25, -0.2) is 29.9 Å². The smallest absolute Gasteiger partial charge is 0.166 e. The summed E-state index contributed by atoms with van der Waals surface area (Å²) in [5.41, 5.74) is 8.28. The van der Waals surface area contributed by atoms with Gasteiger partial charge in [0.1, 0.15) is 0 Å². The highest BCUT2D eigenvalue weighted by Crippen LogP contribution is 2.39. The average molecular weight is 806 g/mol. The van der Waals surface area contributed by atoms with E-state index < -0.39 is 0 Å². The van der Waals surface area contributed by atoms with Gasteiger partial charge >= 0.3 is 0 Å². The van der Waals surface area contributed by atoms with Gasteiger partial charge in [0.15, 0.2) is 34.9 Å². The summed E-state index contributed by atoms with van der Waals surface area (Å²) in [5.74, 6) is 3.39. The molecule has 12 rings (SSSR count). The molecular weight excluding hydrogens is 771 g/mol. The van der Waals surface area contributed by atoms with Crippen LogP contribution in [-0.2, 0) is 0 Å². The van der Waals surface area contributed by atoms with Gasteiger partial charge < -0.3 is 4.57 Å². The highest BCUT2D eigenvalue weighted by atomic mass is 15.1. The van der Waals surface area contributed by atoms with Crippen LogP contribution in [0.25, 0.3) is 117 Å². The first-order valence-electron chi connectivity index (χ1n) is 21.0. The first-order valence-corrected chi connectivity index (χ1v) is 21.0. The minimum absolute atomic E-state index is 0.527. The molecule has 0 saturated carbocycles. The molecule has 12 aromatic rings. The lowest BCUT2D eigenvalue weighted by Crippen LogP contribution is -2.05. The van der Waals surface area contributed by atoms with Crippen LogP contribution in [0.2, 0.25) is 0 Å². The largest absolute Gasteiger partial charge is 0.309 e. The normalized spacial score (nSPS) is 11.5. The van der Waals surface area contributed by atoms with E-state index >= 15 is 0 Å². The molecule has 7 heteroatoms. The maximum Gasteiger partial charge on any atom is 0.166 e. The monoisotopic (exact) mass is 805 g/mol. The zero-order valence-corrected chi connectivity index (χ0v) is 33.8. The van der Waals surface area contributed by atoms with Crippen LogP contribution >= 0.6 is 0 Å². The fourth-order valence-corrected chi connectivity index (χ4v) is 8.74. The summed E-state index contributed by atoms with van der Waals surface area (Å²) in [6.07, 6.45) is 0. The lowest BCUT2D eigenvalue weighted by Gasteiger charge is -2.16. The lowest BCUT2D eigenvalue weighted by molar-refractivity contribution is 1.06. The number of nitrogens with zero attached hydrogens (tertiary/aromatic N) is 7. The average Bonchev–Trinajstić information content (AvgIpc) is 3.70. The molecule has 0 N–H and O–H groups in total. The molecule has 0 aliphatic rings. The molecule has 294 valence electrons. The van der Waals surface area contributed by atoms with Gasteiger partial charge in [-0.1, -0.05) is 176 Å². The molecule has 7 nitrogen and oxygen atoms in total. The van der Waals surface area contributed by atoms with E-state index in [0.717, 1.165) is 77.0 Å². The molecule has 0 atom stereocenters. The third-order valence-electron chi connectivity index (χ3n) is 11.7. The zero-order valence-electron chi connectivity index (χ0n) is 33.8. The number of para-hydroxylation sites is 2. The van der Waals surface area contributed by atoms with Gasteiger partial charge in [0, 0.05) is 44.2 Å². The highest BCUT2D eigenvalue weighted by Gasteiger charge is 2.22. The predicted molar refractivity (Wildman–Crippen MR) is 255 cm³/mol. The molecular formula is C56H35N7. The molecule has 0 spiro atoms. The van der Waals surface area contributed by atoms with Crippen molar-refractivity contribution < 1.29 is 0 Å². The SMILES string of the molecule is c1ccc(-c2nc(-c3ccccc3)nc(-c3cc(-c4nc(-c5ccccc5)nc(-c5cc6ccccc6c6ccccc56)n4)ccc3-n3c4ccccc4c4ccccc43)n2)cc1. The van der Waals surface area contributed by atoms with Gasteiger partial charge in [-0.15, -0.1) is 0 Å². The van der Waals surface area contributed by atoms with Crippen molar-refractivity contribution in [2.45, 2.75) is 0 Å². The van der Waals surface area contributed by atoms with Crippen molar-refractivity contribution in [1.29, 1.82) is 0 Å². The Morgan fingerprint density at radius 2 is 0.651 bits per heavy atom. The van der Waals surface area contributed by atoms with E-state index in [1.54, 1.807) is 0 Å². The Balaban J connectivity index is 1.15. The van der Waals surface area contributed by atoms with Crippen molar-refractivity contribution in [2.24, 2.45) is 0 Å². The number of rotatable bonds is 7. The van der Waals surface area contributed by atoms with E-state index in [9.17, 15) is 0 Å². The third-order valence-corrected chi connectivity index (χ3v) is 11.7. The molecule has 0 aliphatic carbocycles. The van der Waals surface area contributed by atoms with E-state index in [2.05, 4.69) is 126 Å². The van der Waals surface area contributed by atoms with Gasteiger partial charge in [0.05, 0.1) is 16.7 Å². The third kappa shape index (κ3) is 6.38. The molecule has 3 aromatic heterocycles. The molecule has 63 heavy (non-hydrogen) atoms. The molecule has 9 aromatic carbocycles.